The minimum Gasteiger partial charge on any atom is -0.208 e. The Morgan fingerprint density at radius 1 is 0.167 bits per heavy atom. The smallest absolute Gasteiger partial charge is 0.164 e. The lowest BCUT2D eigenvalue weighted by atomic mass is 9.95. The first-order valence-electron chi connectivity index (χ1n) is 19.9. The fourth-order valence-corrected chi connectivity index (χ4v) is 7.38. The molecule has 0 aliphatic carbocycles. The Balaban J connectivity index is 1.06. The van der Waals surface area contributed by atoms with Crippen molar-refractivity contribution in [1.29, 1.82) is 0 Å². The zero-order valence-electron chi connectivity index (χ0n) is 32.5. The summed E-state index contributed by atoms with van der Waals surface area (Å²) in [6, 6.07) is 74.2. The maximum Gasteiger partial charge on any atom is 0.164 e. The molecule has 0 saturated carbocycles. The Kier molecular flexibility index (Phi) is 9.84. The normalized spacial score (nSPS) is 11.0. The molecule has 0 atom stereocenters. The van der Waals surface area contributed by atoms with E-state index in [9.17, 15) is 0 Å². The van der Waals surface area contributed by atoms with Crippen LogP contribution in [0.1, 0.15) is 0 Å². The molecule has 2 heterocycles. The van der Waals surface area contributed by atoms with Gasteiger partial charge in [0.1, 0.15) is 0 Å². The SMILES string of the molecule is c1ccc(-c2cccc(-c3ccccc3-c3nc(-c4ccccc4)nc(-c4cccc(-c5cccc(-c6nc(-c7ccccc7)nc(-c7ccccc7)n6)c5)c4)n3)c2)cc1. The summed E-state index contributed by atoms with van der Waals surface area (Å²) in [4.78, 5) is 30.2. The predicted octanol–water partition coefficient (Wildman–Crippen LogP) is 13.1. The van der Waals surface area contributed by atoms with Gasteiger partial charge in [0.15, 0.2) is 34.9 Å². The monoisotopic (exact) mass is 768 g/mol. The van der Waals surface area contributed by atoms with E-state index in [-0.39, 0.29) is 0 Å². The lowest BCUT2D eigenvalue weighted by Gasteiger charge is -2.13. The highest BCUT2D eigenvalue weighted by molar-refractivity contribution is 5.84. The highest BCUT2D eigenvalue weighted by atomic mass is 15.0. The minimum atomic E-state index is 0.585. The maximum atomic E-state index is 5.19. The Hall–Kier alpha value is -8.22. The van der Waals surface area contributed by atoms with Gasteiger partial charge >= 0.3 is 0 Å². The zero-order chi connectivity index (χ0) is 40.1. The Bertz CT molecular complexity index is 3020. The molecule has 10 rings (SSSR count). The molecular formula is C54H36N6. The molecule has 60 heavy (non-hydrogen) atoms. The van der Waals surface area contributed by atoms with Crippen molar-refractivity contribution >= 4 is 0 Å². The minimum absolute atomic E-state index is 0.585. The molecule has 0 saturated heterocycles. The van der Waals surface area contributed by atoms with Crippen molar-refractivity contribution in [2.75, 3.05) is 0 Å². The van der Waals surface area contributed by atoms with Gasteiger partial charge in [-0.05, 0) is 51.6 Å². The molecule has 0 unspecified atom stereocenters. The molecule has 282 valence electrons. The molecule has 0 fully saturated rings. The number of hydrogen-bond acceptors (Lipinski definition) is 6. The quantitative estimate of drug-likeness (QED) is 0.145. The van der Waals surface area contributed by atoms with Crippen molar-refractivity contribution in [1.82, 2.24) is 29.9 Å². The van der Waals surface area contributed by atoms with Gasteiger partial charge in [-0.25, -0.2) is 29.9 Å². The van der Waals surface area contributed by atoms with E-state index >= 15 is 0 Å². The summed E-state index contributed by atoms with van der Waals surface area (Å²) in [5, 5.41) is 0. The van der Waals surface area contributed by atoms with Crippen molar-refractivity contribution in [3.05, 3.63) is 218 Å². The molecule has 0 aliphatic rings. The number of benzene rings is 8. The average molecular weight is 769 g/mol. The Morgan fingerprint density at radius 2 is 0.433 bits per heavy atom. The van der Waals surface area contributed by atoms with Crippen molar-refractivity contribution in [2.45, 2.75) is 0 Å². The van der Waals surface area contributed by atoms with E-state index in [0.717, 1.165) is 61.2 Å². The number of nitrogens with zero attached hydrogens (tertiary/aromatic N) is 6. The van der Waals surface area contributed by atoms with Crippen LogP contribution in [0.2, 0.25) is 0 Å². The fourth-order valence-electron chi connectivity index (χ4n) is 7.38. The van der Waals surface area contributed by atoms with E-state index in [1.807, 2.05) is 115 Å². The Labute approximate surface area is 348 Å². The number of rotatable bonds is 9. The van der Waals surface area contributed by atoms with Gasteiger partial charge in [0.2, 0.25) is 0 Å². The topological polar surface area (TPSA) is 77.3 Å². The van der Waals surface area contributed by atoms with Crippen molar-refractivity contribution in [2.24, 2.45) is 0 Å². The molecule has 2 aromatic heterocycles. The van der Waals surface area contributed by atoms with Crippen LogP contribution in [0.25, 0.3) is 102 Å². The van der Waals surface area contributed by atoms with E-state index in [2.05, 4.69) is 103 Å². The second kappa shape index (κ2) is 16.3. The number of hydrogen-bond donors (Lipinski definition) is 0. The molecule has 0 N–H and O–H groups in total. The Morgan fingerprint density at radius 3 is 0.867 bits per heavy atom. The predicted molar refractivity (Wildman–Crippen MR) is 242 cm³/mol. The van der Waals surface area contributed by atoms with E-state index in [4.69, 9.17) is 29.9 Å². The average Bonchev–Trinajstić information content (AvgIpc) is 3.35. The van der Waals surface area contributed by atoms with Crippen molar-refractivity contribution < 1.29 is 0 Å². The molecule has 0 spiro atoms. The summed E-state index contributed by atoms with van der Waals surface area (Å²) in [6.07, 6.45) is 0. The maximum absolute atomic E-state index is 5.19. The van der Waals surface area contributed by atoms with Crippen LogP contribution in [0.15, 0.2) is 218 Å². The van der Waals surface area contributed by atoms with Crippen LogP contribution in [-0.2, 0) is 0 Å². The van der Waals surface area contributed by atoms with Gasteiger partial charge in [-0.2, -0.15) is 0 Å². The molecule has 0 aliphatic heterocycles. The van der Waals surface area contributed by atoms with Gasteiger partial charge in [0.25, 0.3) is 0 Å². The van der Waals surface area contributed by atoms with Gasteiger partial charge in [-0.1, -0.05) is 200 Å². The molecule has 6 nitrogen and oxygen atoms in total. The van der Waals surface area contributed by atoms with E-state index < -0.39 is 0 Å². The highest BCUT2D eigenvalue weighted by Gasteiger charge is 2.17. The first kappa shape index (κ1) is 36.1. The first-order chi connectivity index (χ1) is 29.7. The third-order valence-corrected chi connectivity index (χ3v) is 10.4. The molecule has 6 heteroatoms. The summed E-state index contributed by atoms with van der Waals surface area (Å²) in [6.45, 7) is 0. The second-order valence-electron chi connectivity index (χ2n) is 14.4. The van der Waals surface area contributed by atoms with Crippen LogP contribution in [0, 0.1) is 0 Å². The lowest BCUT2D eigenvalue weighted by molar-refractivity contribution is 1.07. The van der Waals surface area contributed by atoms with Gasteiger partial charge in [0.05, 0.1) is 0 Å². The largest absolute Gasteiger partial charge is 0.208 e. The molecule has 0 bridgehead atoms. The second-order valence-corrected chi connectivity index (χ2v) is 14.4. The van der Waals surface area contributed by atoms with Gasteiger partial charge in [-0.15, -0.1) is 0 Å². The summed E-state index contributed by atoms with van der Waals surface area (Å²) >= 11 is 0. The van der Waals surface area contributed by atoms with Crippen LogP contribution < -0.4 is 0 Å². The van der Waals surface area contributed by atoms with Crippen LogP contribution in [0.4, 0.5) is 0 Å². The summed E-state index contributed by atoms with van der Waals surface area (Å²) in [5.41, 5.74) is 11.9. The third-order valence-electron chi connectivity index (χ3n) is 10.4. The highest BCUT2D eigenvalue weighted by Crippen LogP contribution is 2.35. The molecule has 8 aromatic carbocycles. The summed E-state index contributed by atoms with van der Waals surface area (Å²) < 4.78 is 0. The summed E-state index contributed by atoms with van der Waals surface area (Å²) in [7, 11) is 0. The first-order valence-corrected chi connectivity index (χ1v) is 19.9. The lowest BCUT2D eigenvalue weighted by Crippen LogP contribution is -2.01. The van der Waals surface area contributed by atoms with Gasteiger partial charge in [0, 0.05) is 33.4 Å². The van der Waals surface area contributed by atoms with E-state index in [1.165, 1.54) is 5.56 Å². The standard InChI is InChI=1S/C54H36N6/c1-5-18-37(19-6-1)41-26-15-29-44(34-41)47-32-13-14-33-48(47)54-59-51(40-24-11-4-12-25-40)58-53(60-54)46-31-17-28-43(36-46)42-27-16-30-45(35-42)52-56-49(38-20-7-2-8-21-38)55-50(57-52)39-22-9-3-10-23-39/h1-36H. The molecule has 0 radical (unpaired) electrons. The van der Waals surface area contributed by atoms with Crippen molar-refractivity contribution in [3.8, 4) is 102 Å². The molecular weight excluding hydrogens is 733 g/mol. The van der Waals surface area contributed by atoms with Gasteiger partial charge < -0.3 is 0 Å². The summed E-state index contributed by atoms with van der Waals surface area (Å²) in [5.74, 6) is 3.64. The fraction of sp³-hybridized carbons (Fsp3) is 0. The zero-order valence-corrected chi connectivity index (χ0v) is 32.5. The number of aromatic nitrogens is 6. The van der Waals surface area contributed by atoms with Crippen LogP contribution in [0.3, 0.4) is 0 Å². The van der Waals surface area contributed by atoms with Crippen LogP contribution in [0.5, 0.6) is 0 Å². The van der Waals surface area contributed by atoms with Crippen LogP contribution in [-0.4, -0.2) is 29.9 Å². The van der Waals surface area contributed by atoms with Crippen molar-refractivity contribution in [3.63, 3.8) is 0 Å². The van der Waals surface area contributed by atoms with E-state index in [1.54, 1.807) is 0 Å². The van der Waals surface area contributed by atoms with E-state index in [0.29, 0.717) is 34.9 Å². The van der Waals surface area contributed by atoms with Gasteiger partial charge in [-0.3, -0.25) is 0 Å². The molecule has 0 amide bonds. The van der Waals surface area contributed by atoms with Crippen LogP contribution >= 0.6 is 0 Å². The third kappa shape index (κ3) is 7.61. The molecule has 10 aromatic rings.